The maximum Gasteiger partial charge on any atom is -1.00 e. The van der Waals surface area contributed by atoms with Gasteiger partial charge in [-0.05, 0) is 0 Å². The van der Waals surface area contributed by atoms with E-state index in [2.05, 4.69) is 145 Å². The summed E-state index contributed by atoms with van der Waals surface area (Å²) in [4.78, 5) is 0. The van der Waals surface area contributed by atoms with Crippen LogP contribution >= 0.6 is 0 Å². The van der Waals surface area contributed by atoms with E-state index in [9.17, 15) is 0 Å². The van der Waals surface area contributed by atoms with E-state index in [1.54, 1.807) is 6.49 Å². The van der Waals surface area contributed by atoms with Gasteiger partial charge in [-0.15, -0.1) is 0 Å². The molecule has 3 heteroatoms. The molecule has 0 spiro atoms. The fourth-order valence-electron chi connectivity index (χ4n) is 6.49. The first-order valence-corrected chi connectivity index (χ1v) is 18.9. The van der Waals surface area contributed by atoms with Crippen LogP contribution in [0.3, 0.4) is 0 Å². The van der Waals surface area contributed by atoms with Crippen LogP contribution < -0.4 is 24.8 Å². The summed E-state index contributed by atoms with van der Waals surface area (Å²) in [5, 5.41) is 0. The Kier molecular flexibility index (Phi) is 10.6. The third-order valence-corrected chi connectivity index (χ3v) is 17.1. The summed E-state index contributed by atoms with van der Waals surface area (Å²) in [5.74, 6) is 0. The molecule has 0 aromatic heterocycles. The summed E-state index contributed by atoms with van der Waals surface area (Å²) < 4.78 is 3.66. The molecule has 0 bridgehead atoms. The van der Waals surface area contributed by atoms with Gasteiger partial charge in [0, 0.05) is 0 Å². The normalized spacial score (nSPS) is 13.3. The van der Waals surface area contributed by atoms with Crippen LogP contribution in [-0.2, 0) is 21.3 Å². The summed E-state index contributed by atoms with van der Waals surface area (Å²) >= 11 is -2.76. The largest absolute Gasteiger partial charge is 1.00 e. The van der Waals surface area contributed by atoms with Gasteiger partial charge in [-0.1, -0.05) is 0 Å². The van der Waals surface area contributed by atoms with Crippen molar-refractivity contribution in [1.82, 2.24) is 0 Å². The van der Waals surface area contributed by atoms with E-state index in [-0.39, 0.29) is 30.2 Å². The molecule has 0 amide bonds. The van der Waals surface area contributed by atoms with Crippen LogP contribution in [0.25, 0.3) is 23.3 Å². The SMILES string of the molecule is C=Cc1ccc2c(c1)-c1cc(C=C)ccc1[CH]2[Zr+2]([C]1=CC(C(C)(C)C)=CC1)=[C](c1ccc(C)cc1)c1ccc(C)cc1.[Cl-].[Cl-]. The Morgan fingerprint density at radius 3 is 1.55 bits per heavy atom. The summed E-state index contributed by atoms with van der Waals surface area (Å²) in [5.41, 5.74) is 15.0. The summed E-state index contributed by atoms with van der Waals surface area (Å²) in [7, 11) is 0. The van der Waals surface area contributed by atoms with Gasteiger partial charge in [0.25, 0.3) is 0 Å². The van der Waals surface area contributed by atoms with Crippen molar-refractivity contribution in [3.63, 3.8) is 0 Å². The van der Waals surface area contributed by atoms with Crippen molar-refractivity contribution in [2.75, 3.05) is 0 Å². The van der Waals surface area contributed by atoms with Crippen molar-refractivity contribution in [2.45, 2.75) is 44.7 Å². The van der Waals surface area contributed by atoms with Gasteiger partial charge in [0.2, 0.25) is 0 Å². The van der Waals surface area contributed by atoms with Crippen LogP contribution in [0, 0.1) is 19.3 Å². The molecule has 0 unspecified atom stereocenters. The van der Waals surface area contributed by atoms with Crippen molar-refractivity contribution < 1.29 is 46.1 Å². The average Bonchev–Trinajstić information content (AvgIpc) is 3.60. The quantitative estimate of drug-likeness (QED) is 0.272. The Morgan fingerprint density at radius 2 is 1.16 bits per heavy atom. The molecular formula is C41H40Cl2Zr. The zero-order valence-electron chi connectivity index (χ0n) is 26.3. The molecule has 44 heavy (non-hydrogen) atoms. The molecule has 2 aliphatic rings. The minimum Gasteiger partial charge on any atom is -1.00 e. The number of rotatable bonds is 6. The first-order valence-electron chi connectivity index (χ1n) is 15.0. The van der Waals surface area contributed by atoms with Gasteiger partial charge in [-0.25, -0.2) is 0 Å². The topological polar surface area (TPSA) is 0 Å². The molecule has 0 saturated carbocycles. The minimum atomic E-state index is -2.76. The number of allylic oxidation sites excluding steroid dienone is 4. The molecule has 0 nitrogen and oxygen atoms in total. The van der Waals surface area contributed by atoms with E-state index in [1.165, 1.54) is 61.2 Å². The van der Waals surface area contributed by atoms with E-state index in [0.29, 0.717) is 3.63 Å². The maximum absolute atomic E-state index is 4.09. The molecule has 222 valence electrons. The molecule has 0 N–H and O–H groups in total. The monoisotopic (exact) mass is 692 g/mol. The second kappa shape index (κ2) is 13.7. The van der Waals surface area contributed by atoms with Crippen LogP contribution in [0.5, 0.6) is 0 Å². The van der Waals surface area contributed by atoms with Gasteiger partial charge in [0.05, 0.1) is 0 Å². The molecule has 0 radical (unpaired) electrons. The third kappa shape index (κ3) is 6.44. The van der Waals surface area contributed by atoms with Gasteiger partial charge in [-0.2, -0.15) is 0 Å². The van der Waals surface area contributed by atoms with Crippen molar-refractivity contribution >= 4 is 15.4 Å². The molecular weight excluding hydrogens is 655 g/mol. The number of hydrogen-bond donors (Lipinski definition) is 0. The maximum atomic E-state index is 4.09. The minimum absolute atomic E-state index is 0. The van der Waals surface area contributed by atoms with Crippen molar-refractivity contribution in [2.24, 2.45) is 5.41 Å². The average molecular weight is 695 g/mol. The Morgan fingerprint density at radius 1 is 0.705 bits per heavy atom. The molecule has 0 heterocycles. The van der Waals surface area contributed by atoms with E-state index in [1.807, 2.05) is 12.2 Å². The molecule has 0 aliphatic heterocycles. The van der Waals surface area contributed by atoms with Crippen LogP contribution in [0.1, 0.15) is 75.3 Å². The van der Waals surface area contributed by atoms with Crippen molar-refractivity contribution in [3.05, 3.63) is 164 Å². The van der Waals surface area contributed by atoms with Gasteiger partial charge < -0.3 is 24.8 Å². The number of hydrogen-bond acceptors (Lipinski definition) is 0. The van der Waals surface area contributed by atoms with Crippen LogP contribution in [-0.4, -0.2) is 3.21 Å². The zero-order chi connectivity index (χ0) is 29.6. The molecule has 0 fully saturated rings. The van der Waals surface area contributed by atoms with Gasteiger partial charge >= 0.3 is 261 Å². The zero-order valence-corrected chi connectivity index (χ0v) is 30.3. The van der Waals surface area contributed by atoms with E-state index in [0.717, 1.165) is 6.42 Å². The van der Waals surface area contributed by atoms with Crippen LogP contribution in [0.15, 0.2) is 119 Å². The first-order chi connectivity index (χ1) is 20.2. The number of halogens is 2. The smallest absolute Gasteiger partial charge is 1.00 e. The Hall–Kier alpha value is -2.83. The van der Waals surface area contributed by atoms with E-state index < -0.39 is 21.3 Å². The molecule has 6 rings (SSSR count). The van der Waals surface area contributed by atoms with Crippen molar-refractivity contribution in [1.29, 1.82) is 0 Å². The number of benzene rings is 4. The van der Waals surface area contributed by atoms with Gasteiger partial charge in [0.1, 0.15) is 0 Å². The first kappa shape index (κ1) is 34.1. The molecule has 2 aliphatic carbocycles. The van der Waals surface area contributed by atoms with Gasteiger partial charge in [-0.3, -0.25) is 0 Å². The molecule has 0 saturated heterocycles. The second-order valence-electron chi connectivity index (χ2n) is 12.8. The summed E-state index contributed by atoms with van der Waals surface area (Å²) in [6, 6.07) is 32.7. The van der Waals surface area contributed by atoms with Gasteiger partial charge in [0.15, 0.2) is 0 Å². The molecule has 0 atom stereocenters. The summed E-state index contributed by atoms with van der Waals surface area (Å²) in [6.45, 7) is 19.6. The number of fused-ring (bicyclic) bond motifs is 3. The predicted octanol–water partition coefficient (Wildman–Crippen LogP) is 4.81. The van der Waals surface area contributed by atoms with Crippen LogP contribution in [0.4, 0.5) is 0 Å². The predicted molar refractivity (Wildman–Crippen MR) is 180 cm³/mol. The fraction of sp³-hybridized carbons (Fsp3) is 0.195. The Bertz CT molecular complexity index is 1710. The molecule has 4 aromatic carbocycles. The molecule has 4 aromatic rings. The van der Waals surface area contributed by atoms with E-state index in [4.69, 9.17) is 0 Å². The van der Waals surface area contributed by atoms with Crippen molar-refractivity contribution in [3.8, 4) is 11.1 Å². The Labute approximate surface area is 284 Å². The fourth-order valence-corrected chi connectivity index (χ4v) is 15.6. The summed E-state index contributed by atoms with van der Waals surface area (Å²) in [6.07, 6.45) is 10.1. The standard InChI is InChI=1S/C17H13.C15H14.C9H13.2ClH.Zr/c1-3-12-5-7-14-11-15-8-6-13(4-2)10-17(15)16(14)9-12;1-12-3-7-14(8-4-12)11-15-9-5-13(2)6-10-15;1-9(2,3)8-6-4-5-7-8;;;/h3-11H,1-2H2;3-10H,1-2H3;6-7H,4H2,1-3H3;2*1H;/q;;;;;+2/p-2. The van der Waals surface area contributed by atoms with E-state index >= 15 is 0 Å². The van der Waals surface area contributed by atoms with Crippen LogP contribution in [0.2, 0.25) is 0 Å². The second-order valence-corrected chi connectivity index (χ2v) is 19.1. The Balaban J connectivity index is 0.00000221. The third-order valence-electron chi connectivity index (χ3n) is 8.86. The number of aryl methyl sites for hydroxylation is 2.